The molecule has 1 amide bonds. The molecule has 5 nitrogen and oxygen atoms in total. The first kappa shape index (κ1) is 19.1. The van der Waals surface area contributed by atoms with Gasteiger partial charge in [0.2, 0.25) is 5.91 Å². The molecular formula is C22H26N2O3. The van der Waals surface area contributed by atoms with Crippen LogP contribution in [0.5, 0.6) is 0 Å². The van der Waals surface area contributed by atoms with E-state index in [9.17, 15) is 9.59 Å². The summed E-state index contributed by atoms with van der Waals surface area (Å²) in [6, 6.07) is 13.8. The summed E-state index contributed by atoms with van der Waals surface area (Å²) >= 11 is 0. The van der Waals surface area contributed by atoms with Crippen molar-refractivity contribution in [3.8, 4) is 11.1 Å². The van der Waals surface area contributed by atoms with E-state index in [2.05, 4.69) is 0 Å². The van der Waals surface area contributed by atoms with E-state index in [0.29, 0.717) is 12.1 Å². The second-order valence-electron chi connectivity index (χ2n) is 7.11. The van der Waals surface area contributed by atoms with Crippen LogP contribution in [0.3, 0.4) is 0 Å². The molecule has 1 fully saturated rings. The van der Waals surface area contributed by atoms with E-state index in [1.54, 1.807) is 0 Å². The standard InChI is InChI=1S/C22H26N2O3/c1-27-22(26)17-11-9-16(10-12-17)19-4-2-3-18(20(19)21(24)25)15-7-5-14(13-23)6-8-15/h2-8,16-17H,9-13,23H2,1H3,(H2,24,25). The molecule has 0 spiro atoms. The average molecular weight is 366 g/mol. The van der Waals surface area contributed by atoms with Crippen LogP contribution in [-0.4, -0.2) is 19.0 Å². The van der Waals surface area contributed by atoms with Crippen LogP contribution < -0.4 is 11.5 Å². The molecule has 1 aliphatic carbocycles. The number of nitrogens with two attached hydrogens (primary N) is 2. The van der Waals surface area contributed by atoms with Crippen LogP contribution in [0.1, 0.15) is 53.1 Å². The zero-order chi connectivity index (χ0) is 19.4. The molecule has 5 heteroatoms. The van der Waals surface area contributed by atoms with Crippen LogP contribution in [0.25, 0.3) is 11.1 Å². The summed E-state index contributed by atoms with van der Waals surface area (Å²) in [7, 11) is 1.43. The Hall–Kier alpha value is -2.66. The van der Waals surface area contributed by atoms with Crippen molar-refractivity contribution in [2.24, 2.45) is 17.4 Å². The second-order valence-corrected chi connectivity index (χ2v) is 7.11. The maximum absolute atomic E-state index is 12.3. The molecule has 27 heavy (non-hydrogen) atoms. The maximum atomic E-state index is 12.3. The van der Waals surface area contributed by atoms with Crippen molar-refractivity contribution in [1.29, 1.82) is 0 Å². The molecule has 0 aromatic heterocycles. The fraction of sp³-hybridized carbons (Fsp3) is 0.364. The van der Waals surface area contributed by atoms with Gasteiger partial charge in [0.1, 0.15) is 0 Å². The van der Waals surface area contributed by atoms with Crippen LogP contribution in [-0.2, 0) is 16.1 Å². The van der Waals surface area contributed by atoms with E-state index in [0.717, 1.165) is 47.9 Å². The van der Waals surface area contributed by atoms with Crippen molar-refractivity contribution in [1.82, 2.24) is 0 Å². The number of primary amides is 1. The molecule has 142 valence electrons. The molecule has 1 saturated carbocycles. The predicted octanol–water partition coefficient (Wildman–Crippen LogP) is 3.36. The first-order valence-corrected chi connectivity index (χ1v) is 9.35. The van der Waals surface area contributed by atoms with E-state index in [1.165, 1.54) is 7.11 Å². The lowest BCUT2D eigenvalue weighted by molar-refractivity contribution is -0.146. The van der Waals surface area contributed by atoms with E-state index in [1.807, 2.05) is 42.5 Å². The summed E-state index contributed by atoms with van der Waals surface area (Å²) < 4.78 is 4.87. The first-order valence-electron chi connectivity index (χ1n) is 9.35. The predicted molar refractivity (Wildman–Crippen MR) is 105 cm³/mol. The highest BCUT2D eigenvalue weighted by molar-refractivity contribution is 6.01. The molecule has 0 heterocycles. The van der Waals surface area contributed by atoms with Gasteiger partial charge in [-0.15, -0.1) is 0 Å². The lowest BCUT2D eigenvalue weighted by Gasteiger charge is -2.28. The van der Waals surface area contributed by atoms with Crippen molar-refractivity contribution < 1.29 is 14.3 Å². The molecule has 0 aliphatic heterocycles. The largest absolute Gasteiger partial charge is 0.469 e. The highest BCUT2D eigenvalue weighted by Gasteiger charge is 2.30. The van der Waals surface area contributed by atoms with Gasteiger partial charge >= 0.3 is 5.97 Å². The number of carbonyl (C=O) groups is 2. The van der Waals surface area contributed by atoms with E-state index >= 15 is 0 Å². The number of ether oxygens (including phenoxy) is 1. The average Bonchev–Trinajstić information content (AvgIpc) is 2.72. The Morgan fingerprint density at radius 1 is 1.04 bits per heavy atom. The Bertz CT molecular complexity index is 822. The summed E-state index contributed by atoms with van der Waals surface area (Å²) in [6.07, 6.45) is 3.22. The van der Waals surface area contributed by atoms with Crippen LogP contribution >= 0.6 is 0 Å². The number of amides is 1. The van der Waals surface area contributed by atoms with Crippen LogP contribution in [0, 0.1) is 5.92 Å². The monoisotopic (exact) mass is 366 g/mol. The summed E-state index contributed by atoms with van der Waals surface area (Å²) in [4.78, 5) is 24.1. The molecule has 4 N–H and O–H groups in total. The van der Waals surface area contributed by atoms with E-state index in [-0.39, 0.29) is 17.8 Å². The Balaban J connectivity index is 1.92. The Labute approximate surface area is 159 Å². The third-order valence-electron chi connectivity index (χ3n) is 5.55. The minimum atomic E-state index is -0.418. The SMILES string of the molecule is COC(=O)C1CCC(c2cccc(-c3ccc(CN)cc3)c2C(N)=O)CC1. The molecule has 0 bridgehead atoms. The minimum absolute atomic E-state index is 0.0460. The minimum Gasteiger partial charge on any atom is -0.469 e. The van der Waals surface area contributed by atoms with Gasteiger partial charge in [0.25, 0.3) is 0 Å². The number of methoxy groups -OCH3 is 1. The van der Waals surface area contributed by atoms with Gasteiger partial charge < -0.3 is 16.2 Å². The summed E-state index contributed by atoms with van der Waals surface area (Å²) in [5, 5.41) is 0. The van der Waals surface area contributed by atoms with Gasteiger partial charge in [0.15, 0.2) is 0 Å². The van der Waals surface area contributed by atoms with E-state index in [4.69, 9.17) is 16.2 Å². The molecular weight excluding hydrogens is 340 g/mol. The maximum Gasteiger partial charge on any atom is 0.308 e. The van der Waals surface area contributed by atoms with Gasteiger partial charge in [-0.3, -0.25) is 9.59 Å². The highest BCUT2D eigenvalue weighted by Crippen LogP contribution is 2.39. The van der Waals surface area contributed by atoms with Crippen LogP contribution in [0.4, 0.5) is 0 Å². The van der Waals surface area contributed by atoms with Gasteiger partial charge in [0.05, 0.1) is 18.6 Å². The van der Waals surface area contributed by atoms with Gasteiger partial charge in [-0.1, -0.05) is 42.5 Å². The number of hydrogen-bond donors (Lipinski definition) is 2. The molecule has 2 aromatic carbocycles. The summed E-state index contributed by atoms with van der Waals surface area (Å²) in [5.41, 5.74) is 15.8. The molecule has 2 aromatic rings. The van der Waals surface area contributed by atoms with Crippen molar-refractivity contribution in [3.63, 3.8) is 0 Å². The van der Waals surface area contributed by atoms with Gasteiger partial charge in [-0.05, 0) is 53.9 Å². The number of benzene rings is 2. The third-order valence-corrected chi connectivity index (χ3v) is 5.55. The highest BCUT2D eigenvalue weighted by atomic mass is 16.5. The molecule has 0 saturated heterocycles. The van der Waals surface area contributed by atoms with Gasteiger partial charge in [0, 0.05) is 6.54 Å². The summed E-state index contributed by atoms with van der Waals surface area (Å²) in [5.74, 6) is -0.386. The molecule has 0 radical (unpaired) electrons. The van der Waals surface area contributed by atoms with Crippen molar-refractivity contribution in [2.45, 2.75) is 38.1 Å². The molecule has 3 rings (SSSR count). The number of esters is 1. The molecule has 1 aliphatic rings. The second kappa shape index (κ2) is 8.35. The number of carbonyl (C=O) groups excluding carboxylic acids is 2. The first-order chi connectivity index (χ1) is 13.0. The van der Waals surface area contributed by atoms with Gasteiger partial charge in [-0.25, -0.2) is 0 Å². The smallest absolute Gasteiger partial charge is 0.308 e. The lowest BCUT2D eigenvalue weighted by Crippen LogP contribution is -2.24. The molecule has 0 unspecified atom stereocenters. The summed E-state index contributed by atoms with van der Waals surface area (Å²) in [6.45, 7) is 0.479. The Kier molecular flexibility index (Phi) is 5.91. The quantitative estimate of drug-likeness (QED) is 0.793. The van der Waals surface area contributed by atoms with E-state index < -0.39 is 5.91 Å². The number of rotatable bonds is 5. The topological polar surface area (TPSA) is 95.4 Å². The Morgan fingerprint density at radius 2 is 1.70 bits per heavy atom. The lowest BCUT2D eigenvalue weighted by atomic mass is 9.76. The zero-order valence-corrected chi connectivity index (χ0v) is 15.6. The van der Waals surface area contributed by atoms with Gasteiger partial charge in [-0.2, -0.15) is 0 Å². The van der Waals surface area contributed by atoms with Crippen molar-refractivity contribution in [3.05, 3.63) is 59.2 Å². The van der Waals surface area contributed by atoms with Crippen molar-refractivity contribution >= 4 is 11.9 Å². The molecule has 0 atom stereocenters. The third kappa shape index (κ3) is 4.03. The van der Waals surface area contributed by atoms with Crippen LogP contribution in [0.15, 0.2) is 42.5 Å². The normalized spacial score (nSPS) is 19.5. The van der Waals surface area contributed by atoms with Crippen LogP contribution in [0.2, 0.25) is 0 Å². The number of hydrogen-bond acceptors (Lipinski definition) is 4. The fourth-order valence-corrected chi connectivity index (χ4v) is 4.05. The fourth-order valence-electron chi connectivity index (χ4n) is 4.05. The Morgan fingerprint density at radius 3 is 2.26 bits per heavy atom. The van der Waals surface area contributed by atoms with Crippen molar-refractivity contribution in [2.75, 3.05) is 7.11 Å². The zero-order valence-electron chi connectivity index (χ0n) is 15.6.